The van der Waals surface area contributed by atoms with Gasteiger partial charge in [-0.1, -0.05) is 36.4 Å². The van der Waals surface area contributed by atoms with Crippen molar-refractivity contribution in [2.75, 3.05) is 24.6 Å². The maximum Gasteiger partial charge on any atom is 0.314 e. The van der Waals surface area contributed by atoms with Crippen LogP contribution in [0, 0.1) is 0 Å². The van der Waals surface area contributed by atoms with Crippen LogP contribution in [-0.2, 0) is 4.79 Å². The van der Waals surface area contributed by atoms with Crippen LogP contribution >= 0.6 is 11.8 Å². The highest BCUT2D eigenvalue weighted by Crippen LogP contribution is 2.14. The molecule has 1 aromatic rings. The molecule has 21 heavy (non-hydrogen) atoms. The highest BCUT2D eigenvalue weighted by molar-refractivity contribution is 7.99. The minimum atomic E-state index is -0.956. The Morgan fingerprint density at radius 2 is 2.00 bits per heavy atom. The van der Waals surface area contributed by atoms with Crippen LogP contribution in [0.1, 0.15) is 11.5 Å². The summed E-state index contributed by atoms with van der Waals surface area (Å²) < 4.78 is 0. The predicted octanol–water partition coefficient (Wildman–Crippen LogP) is 2.07. The monoisotopic (exact) mass is 308 g/mol. The molecule has 1 rings (SSSR count). The Morgan fingerprint density at radius 1 is 1.29 bits per heavy atom. The lowest BCUT2D eigenvalue weighted by Crippen LogP contribution is -2.40. The third kappa shape index (κ3) is 6.85. The van der Waals surface area contributed by atoms with Gasteiger partial charge in [0.25, 0.3) is 0 Å². The number of rotatable bonds is 9. The first-order valence-corrected chi connectivity index (χ1v) is 7.78. The minimum absolute atomic E-state index is 0.0605. The molecule has 5 nitrogen and oxygen atoms in total. The lowest BCUT2D eigenvalue weighted by atomic mass is 9.99. The number of nitrogens with one attached hydrogen (secondary N) is 2. The first-order chi connectivity index (χ1) is 10.1. The fourth-order valence-electron chi connectivity index (χ4n) is 1.69. The van der Waals surface area contributed by atoms with Crippen LogP contribution < -0.4 is 10.6 Å². The number of amides is 2. The molecule has 0 saturated heterocycles. The number of carbonyl (C=O) groups is 2. The molecule has 0 aromatic heterocycles. The summed E-state index contributed by atoms with van der Waals surface area (Å²) in [6, 6.07) is 8.51. The lowest BCUT2D eigenvalue weighted by molar-refractivity contribution is -0.138. The van der Waals surface area contributed by atoms with Gasteiger partial charge in [0, 0.05) is 24.6 Å². The van der Waals surface area contributed by atoms with E-state index in [1.54, 1.807) is 36.0 Å². The second kappa shape index (κ2) is 9.88. The van der Waals surface area contributed by atoms with E-state index < -0.39 is 11.9 Å². The van der Waals surface area contributed by atoms with Crippen molar-refractivity contribution >= 4 is 23.8 Å². The Hall–Kier alpha value is -1.95. The van der Waals surface area contributed by atoms with Gasteiger partial charge in [0.05, 0.1) is 5.92 Å². The fourth-order valence-corrected chi connectivity index (χ4v) is 2.27. The molecule has 1 aromatic carbocycles. The SMILES string of the molecule is C=CCSCCNC(=O)NCC(C(=O)O)c1ccccc1. The standard InChI is InChI=1S/C15H20N2O3S/c1-2-9-21-10-8-16-15(20)17-11-13(14(18)19)12-6-4-3-5-7-12/h2-7,13H,1,8-11H2,(H,18,19)(H2,16,17,20). The van der Waals surface area contributed by atoms with E-state index in [2.05, 4.69) is 17.2 Å². The first-order valence-electron chi connectivity index (χ1n) is 6.63. The summed E-state index contributed by atoms with van der Waals surface area (Å²) in [6.45, 7) is 4.21. The number of hydrogen-bond donors (Lipinski definition) is 3. The molecule has 2 amide bonds. The summed E-state index contributed by atoms with van der Waals surface area (Å²) in [4.78, 5) is 22.8. The number of aliphatic carboxylic acids is 1. The second-order valence-corrected chi connectivity index (χ2v) is 5.45. The number of hydrogen-bond acceptors (Lipinski definition) is 3. The summed E-state index contributed by atoms with van der Waals surface area (Å²) in [5.74, 6) is -0.0612. The van der Waals surface area contributed by atoms with Crippen molar-refractivity contribution in [3.05, 3.63) is 48.6 Å². The van der Waals surface area contributed by atoms with Crippen LogP contribution in [0.5, 0.6) is 0 Å². The number of carbonyl (C=O) groups excluding carboxylic acids is 1. The highest BCUT2D eigenvalue weighted by Gasteiger charge is 2.20. The molecule has 0 fully saturated rings. The lowest BCUT2D eigenvalue weighted by Gasteiger charge is -2.14. The van der Waals surface area contributed by atoms with Gasteiger partial charge in [-0.15, -0.1) is 6.58 Å². The molecule has 0 spiro atoms. The molecule has 0 saturated carbocycles. The smallest absolute Gasteiger partial charge is 0.314 e. The third-order valence-electron chi connectivity index (χ3n) is 2.73. The molecule has 0 heterocycles. The van der Waals surface area contributed by atoms with Gasteiger partial charge in [0.15, 0.2) is 0 Å². The van der Waals surface area contributed by atoms with Crippen LogP contribution in [0.3, 0.4) is 0 Å². The largest absolute Gasteiger partial charge is 0.481 e. The van der Waals surface area contributed by atoms with Crippen LogP contribution in [0.15, 0.2) is 43.0 Å². The van der Waals surface area contributed by atoms with E-state index in [9.17, 15) is 14.7 Å². The van der Waals surface area contributed by atoms with E-state index in [-0.39, 0.29) is 12.6 Å². The number of thioether (sulfide) groups is 1. The van der Waals surface area contributed by atoms with Crippen molar-refractivity contribution in [2.24, 2.45) is 0 Å². The molecule has 0 aliphatic rings. The maximum atomic E-state index is 11.6. The van der Waals surface area contributed by atoms with Crippen LogP contribution in [0.4, 0.5) is 4.79 Å². The Kier molecular flexibility index (Phi) is 8.04. The molecule has 0 bridgehead atoms. The zero-order valence-electron chi connectivity index (χ0n) is 11.7. The van der Waals surface area contributed by atoms with Gasteiger partial charge in [0.1, 0.15) is 0 Å². The molecule has 3 N–H and O–H groups in total. The molecular formula is C15H20N2O3S. The highest BCUT2D eigenvalue weighted by atomic mass is 32.2. The number of urea groups is 1. The van der Waals surface area contributed by atoms with E-state index >= 15 is 0 Å². The average molecular weight is 308 g/mol. The summed E-state index contributed by atoms with van der Waals surface area (Å²) in [5, 5.41) is 14.5. The van der Waals surface area contributed by atoms with Crippen molar-refractivity contribution in [3.8, 4) is 0 Å². The van der Waals surface area contributed by atoms with Gasteiger partial charge in [0.2, 0.25) is 0 Å². The third-order valence-corrected chi connectivity index (χ3v) is 3.70. The molecule has 114 valence electrons. The molecule has 6 heteroatoms. The predicted molar refractivity (Wildman–Crippen MR) is 85.7 cm³/mol. The Morgan fingerprint density at radius 3 is 2.62 bits per heavy atom. The summed E-state index contributed by atoms with van der Waals surface area (Å²) >= 11 is 1.67. The van der Waals surface area contributed by atoms with Crippen molar-refractivity contribution in [2.45, 2.75) is 5.92 Å². The van der Waals surface area contributed by atoms with E-state index in [0.29, 0.717) is 12.1 Å². The summed E-state index contributed by atoms with van der Waals surface area (Å²) in [6.07, 6.45) is 1.81. The van der Waals surface area contributed by atoms with Gasteiger partial charge in [-0.2, -0.15) is 11.8 Å². The number of benzene rings is 1. The topological polar surface area (TPSA) is 78.4 Å². The van der Waals surface area contributed by atoms with Crippen molar-refractivity contribution in [3.63, 3.8) is 0 Å². The number of carboxylic acid groups (broad SMARTS) is 1. The Labute approximate surface area is 128 Å². The van der Waals surface area contributed by atoms with Gasteiger partial charge in [-0.05, 0) is 5.56 Å². The average Bonchev–Trinajstić information content (AvgIpc) is 2.48. The fraction of sp³-hybridized carbons (Fsp3) is 0.333. The van der Waals surface area contributed by atoms with Crippen LogP contribution in [0.25, 0.3) is 0 Å². The summed E-state index contributed by atoms with van der Waals surface area (Å²) in [5.41, 5.74) is 0.673. The van der Waals surface area contributed by atoms with Crippen LogP contribution in [0.2, 0.25) is 0 Å². The molecule has 0 radical (unpaired) electrons. The van der Waals surface area contributed by atoms with Gasteiger partial charge in [-0.3, -0.25) is 4.79 Å². The molecule has 1 atom stereocenters. The van der Waals surface area contributed by atoms with Gasteiger partial charge < -0.3 is 15.7 Å². The van der Waals surface area contributed by atoms with Crippen molar-refractivity contribution < 1.29 is 14.7 Å². The van der Waals surface area contributed by atoms with Gasteiger partial charge in [-0.25, -0.2) is 4.79 Å². The van der Waals surface area contributed by atoms with E-state index in [1.165, 1.54) is 0 Å². The Balaban J connectivity index is 2.35. The molecule has 1 unspecified atom stereocenters. The summed E-state index contributed by atoms with van der Waals surface area (Å²) in [7, 11) is 0. The molecular weight excluding hydrogens is 288 g/mol. The van der Waals surface area contributed by atoms with Gasteiger partial charge >= 0.3 is 12.0 Å². The second-order valence-electron chi connectivity index (χ2n) is 4.30. The van der Waals surface area contributed by atoms with E-state index in [4.69, 9.17) is 0 Å². The maximum absolute atomic E-state index is 11.6. The quantitative estimate of drug-likeness (QED) is 0.482. The molecule has 0 aliphatic carbocycles. The van der Waals surface area contributed by atoms with E-state index in [1.807, 2.05) is 12.1 Å². The minimum Gasteiger partial charge on any atom is -0.481 e. The zero-order valence-corrected chi connectivity index (χ0v) is 12.6. The normalized spacial score (nSPS) is 11.4. The van der Waals surface area contributed by atoms with Crippen molar-refractivity contribution in [1.82, 2.24) is 10.6 Å². The Bertz CT molecular complexity index is 465. The molecule has 0 aliphatic heterocycles. The zero-order chi connectivity index (χ0) is 15.5. The first kappa shape index (κ1) is 17.1. The van der Waals surface area contributed by atoms with Crippen molar-refractivity contribution in [1.29, 1.82) is 0 Å². The number of carboxylic acids is 1. The van der Waals surface area contributed by atoms with E-state index in [0.717, 1.165) is 11.5 Å². The van der Waals surface area contributed by atoms with Crippen LogP contribution in [-0.4, -0.2) is 41.7 Å².